The van der Waals surface area contributed by atoms with Gasteiger partial charge in [0.05, 0.1) is 0 Å². The van der Waals surface area contributed by atoms with Gasteiger partial charge in [-0.25, -0.2) is 0 Å². The number of hydrogen-bond donors (Lipinski definition) is 1. The second-order valence-electron chi connectivity index (χ2n) is 7.78. The van der Waals surface area contributed by atoms with E-state index in [1.54, 1.807) is 0 Å². The molecule has 0 saturated heterocycles. The maximum absolute atomic E-state index is 3.77. The van der Waals surface area contributed by atoms with Gasteiger partial charge in [0.15, 0.2) is 0 Å². The van der Waals surface area contributed by atoms with Crippen LogP contribution in [0.25, 0.3) is 0 Å². The van der Waals surface area contributed by atoms with Crippen LogP contribution in [0.4, 0.5) is 0 Å². The van der Waals surface area contributed by atoms with Crippen molar-refractivity contribution in [1.29, 1.82) is 0 Å². The molecule has 0 radical (unpaired) electrons. The van der Waals surface area contributed by atoms with E-state index in [1.165, 1.54) is 57.9 Å². The topological polar surface area (TPSA) is 15.3 Å². The van der Waals surface area contributed by atoms with E-state index in [9.17, 15) is 0 Å². The molecule has 21 heavy (non-hydrogen) atoms. The molecule has 124 valence electrons. The molecule has 0 aromatic heterocycles. The Kier molecular flexibility index (Phi) is 7.01. The van der Waals surface area contributed by atoms with Crippen LogP contribution in [0.2, 0.25) is 0 Å². The summed E-state index contributed by atoms with van der Waals surface area (Å²) in [6.45, 7) is 9.54. The predicted molar refractivity (Wildman–Crippen MR) is 92.6 cm³/mol. The van der Waals surface area contributed by atoms with Gasteiger partial charge in [-0.15, -0.1) is 0 Å². The van der Waals surface area contributed by atoms with Crippen molar-refractivity contribution < 1.29 is 0 Å². The Hall–Kier alpha value is -0.0800. The van der Waals surface area contributed by atoms with Gasteiger partial charge in [-0.05, 0) is 63.5 Å². The first-order valence-corrected chi connectivity index (χ1v) is 9.59. The maximum atomic E-state index is 3.77. The quantitative estimate of drug-likeness (QED) is 0.785. The Morgan fingerprint density at radius 1 is 1.05 bits per heavy atom. The summed E-state index contributed by atoms with van der Waals surface area (Å²) in [6, 6.07) is 1.60. The van der Waals surface area contributed by atoms with Crippen molar-refractivity contribution in [2.45, 2.75) is 84.2 Å². The summed E-state index contributed by atoms with van der Waals surface area (Å²) >= 11 is 0. The lowest BCUT2D eigenvalue weighted by Crippen LogP contribution is -2.48. The van der Waals surface area contributed by atoms with E-state index in [1.807, 2.05) is 0 Å². The molecule has 0 spiro atoms. The largest absolute Gasteiger partial charge is 0.314 e. The molecule has 2 aliphatic rings. The standard InChI is InChI=1S/C19H38N2/c1-5-16-11-12-18(20-6-2)17(13-16)14-21(4)19-10-8-7-9-15(19)3/h15-20H,5-14H2,1-4H3. The average molecular weight is 295 g/mol. The van der Waals surface area contributed by atoms with Crippen LogP contribution in [0, 0.1) is 17.8 Å². The first kappa shape index (κ1) is 17.3. The van der Waals surface area contributed by atoms with Gasteiger partial charge in [0.1, 0.15) is 0 Å². The predicted octanol–water partition coefficient (Wildman–Crippen LogP) is 4.30. The van der Waals surface area contributed by atoms with Crippen molar-refractivity contribution in [3.05, 3.63) is 0 Å². The minimum Gasteiger partial charge on any atom is -0.314 e. The SMILES string of the molecule is CCNC1CCC(CC)CC1CN(C)C1CCCCC1C. The molecule has 5 unspecified atom stereocenters. The zero-order valence-electron chi connectivity index (χ0n) is 14.9. The minimum absolute atomic E-state index is 0.763. The fourth-order valence-electron chi connectivity index (χ4n) is 4.92. The smallest absolute Gasteiger partial charge is 0.0118 e. The molecule has 1 N–H and O–H groups in total. The van der Waals surface area contributed by atoms with E-state index in [2.05, 4.69) is 38.0 Å². The summed E-state index contributed by atoms with van der Waals surface area (Å²) in [7, 11) is 2.39. The third-order valence-electron chi connectivity index (χ3n) is 6.29. The fourth-order valence-corrected chi connectivity index (χ4v) is 4.92. The lowest BCUT2D eigenvalue weighted by molar-refractivity contribution is 0.0881. The lowest BCUT2D eigenvalue weighted by atomic mass is 9.76. The molecule has 2 nitrogen and oxygen atoms in total. The van der Waals surface area contributed by atoms with E-state index < -0.39 is 0 Å². The van der Waals surface area contributed by atoms with Gasteiger partial charge in [0.2, 0.25) is 0 Å². The molecule has 0 heterocycles. The van der Waals surface area contributed by atoms with E-state index >= 15 is 0 Å². The molecule has 0 aliphatic heterocycles. The van der Waals surface area contributed by atoms with Crippen molar-refractivity contribution in [3.63, 3.8) is 0 Å². The number of nitrogens with zero attached hydrogens (tertiary/aromatic N) is 1. The highest BCUT2D eigenvalue weighted by molar-refractivity contribution is 4.88. The molecule has 0 aromatic carbocycles. The Bertz CT molecular complexity index is 291. The molecule has 0 amide bonds. The summed E-state index contributed by atoms with van der Waals surface area (Å²) < 4.78 is 0. The van der Waals surface area contributed by atoms with Gasteiger partial charge in [-0.3, -0.25) is 0 Å². The zero-order chi connectivity index (χ0) is 15.2. The maximum Gasteiger partial charge on any atom is 0.0118 e. The Balaban J connectivity index is 1.92. The first-order chi connectivity index (χ1) is 10.2. The highest BCUT2D eigenvalue weighted by Gasteiger charge is 2.32. The number of rotatable bonds is 6. The monoisotopic (exact) mass is 294 g/mol. The van der Waals surface area contributed by atoms with Crippen molar-refractivity contribution in [1.82, 2.24) is 10.2 Å². The summed E-state index contributed by atoms with van der Waals surface area (Å²) in [6.07, 6.45) is 11.4. The van der Waals surface area contributed by atoms with Gasteiger partial charge >= 0.3 is 0 Å². The van der Waals surface area contributed by atoms with E-state index in [-0.39, 0.29) is 0 Å². The number of nitrogens with one attached hydrogen (secondary N) is 1. The highest BCUT2D eigenvalue weighted by atomic mass is 15.1. The summed E-state index contributed by atoms with van der Waals surface area (Å²) in [5.74, 6) is 2.73. The van der Waals surface area contributed by atoms with Crippen molar-refractivity contribution in [2.24, 2.45) is 17.8 Å². The molecule has 0 aromatic rings. The van der Waals surface area contributed by atoms with Gasteiger partial charge in [0, 0.05) is 18.6 Å². The second-order valence-corrected chi connectivity index (χ2v) is 7.78. The van der Waals surface area contributed by atoms with Gasteiger partial charge in [-0.2, -0.15) is 0 Å². The first-order valence-electron chi connectivity index (χ1n) is 9.59. The Morgan fingerprint density at radius 2 is 1.81 bits per heavy atom. The third kappa shape index (κ3) is 4.69. The third-order valence-corrected chi connectivity index (χ3v) is 6.29. The highest BCUT2D eigenvalue weighted by Crippen LogP contribution is 2.34. The zero-order valence-corrected chi connectivity index (χ0v) is 14.9. The van der Waals surface area contributed by atoms with Gasteiger partial charge < -0.3 is 10.2 Å². The Labute approximate surface area is 133 Å². The summed E-state index contributed by atoms with van der Waals surface area (Å²) in [5.41, 5.74) is 0. The molecule has 2 heteroatoms. The van der Waals surface area contributed by atoms with Crippen LogP contribution in [0.3, 0.4) is 0 Å². The van der Waals surface area contributed by atoms with Crippen LogP contribution in [-0.2, 0) is 0 Å². The minimum atomic E-state index is 0.763. The molecule has 2 aliphatic carbocycles. The van der Waals surface area contributed by atoms with Crippen LogP contribution < -0.4 is 5.32 Å². The van der Waals surface area contributed by atoms with Gasteiger partial charge in [-0.1, -0.05) is 40.0 Å². The molecule has 2 fully saturated rings. The van der Waals surface area contributed by atoms with E-state index in [4.69, 9.17) is 0 Å². The van der Waals surface area contributed by atoms with Crippen LogP contribution in [-0.4, -0.2) is 37.1 Å². The molecule has 0 bridgehead atoms. The molecular weight excluding hydrogens is 256 g/mol. The normalized spacial score (nSPS) is 37.9. The van der Waals surface area contributed by atoms with Crippen LogP contribution in [0.5, 0.6) is 0 Å². The Morgan fingerprint density at radius 3 is 2.48 bits per heavy atom. The lowest BCUT2D eigenvalue weighted by Gasteiger charge is -2.42. The van der Waals surface area contributed by atoms with Crippen molar-refractivity contribution in [3.8, 4) is 0 Å². The molecule has 5 atom stereocenters. The second kappa shape index (κ2) is 8.53. The van der Waals surface area contributed by atoms with Crippen LogP contribution >= 0.6 is 0 Å². The van der Waals surface area contributed by atoms with E-state index in [0.29, 0.717) is 0 Å². The average Bonchev–Trinajstić information content (AvgIpc) is 2.49. The van der Waals surface area contributed by atoms with E-state index in [0.717, 1.165) is 36.4 Å². The summed E-state index contributed by atoms with van der Waals surface area (Å²) in [5, 5.41) is 3.77. The van der Waals surface area contributed by atoms with Crippen LogP contribution in [0.15, 0.2) is 0 Å². The molecule has 2 rings (SSSR count). The number of hydrogen-bond acceptors (Lipinski definition) is 2. The van der Waals surface area contributed by atoms with Gasteiger partial charge in [0.25, 0.3) is 0 Å². The molecular formula is C19H38N2. The summed E-state index contributed by atoms with van der Waals surface area (Å²) in [4.78, 5) is 2.72. The fraction of sp³-hybridized carbons (Fsp3) is 1.00. The van der Waals surface area contributed by atoms with Crippen molar-refractivity contribution in [2.75, 3.05) is 20.1 Å². The molecule has 2 saturated carbocycles. The van der Waals surface area contributed by atoms with Crippen molar-refractivity contribution >= 4 is 0 Å². The van der Waals surface area contributed by atoms with Crippen LogP contribution in [0.1, 0.15) is 72.1 Å².